The molecule has 110 valence electrons. The monoisotopic (exact) mass is 409 g/mol. The van der Waals surface area contributed by atoms with Crippen LogP contribution in [-0.2, 0) is 6.54 Å². The Morgan fingerprint density at radius 3 is 2.33 bits per heavy atom. The Labute approximate surface area is 142 Å². The van der Waals surface area contributed by atoms with Crippen LogP contribution in [0.4, 0.5) is 0 Å². The van der Waals surface area contributed by atoms with Gasteiger partial charge in [0.05, 0.1) is 0 Å². The van der Waals surface area contributed by atoms with Crippen molar-refractivity contribution in [1.82, 2.24) is 4.90 Å². The van der Waals surface area contributed by atoms with E-state index in [0.717, 1.165) is 14.5 Å². The van der Waals surface area contributed by atoms with Crippen molar-refractivity contribution in [2.24, 2.45) is 0 Å². The molecule has 1 amide bonds. The first kappa shape index (κ1) is 16.2. The third kappa shape index (κ3) is 4.42. The number of nitrogens with zero attached hydrogens (tertiary/aromatic N) is 1. The van der Waals surface area contributed by atoms with Gasteiger partial charge in [-0.2, -0.15) is 0 Å². The van der Waals surface area contributed by atoms with Crippen LogP contribution >= 0.6 is 31.9 Å². The minimum Gasteiger partial charge on any atom is -0.335 e. The Bertz CT molecular complexity index is 635. The summed E-state index contributed by atoms with van der Waals surface area (Å²) in [6.45, 7) is 5.37. The highest BCUT2D eigenvalue weighted by atomic mass is 79.9. The predicted molar refractivity (Wildman–Crippen MR) is 93.4 cm³/mol. The summed E-state index contributed by atoms with van der Waals surface area (Å²) in [7, 11) is 0. The van der Waals surface area contributed by atoms with Gasteiger partial charge in [0.15, 0.2) is 0 Å². The van der Waals surface area contributed by atoms with Crippen molar-refractivity contribution in [2.75, 3.05) is 6.54 Å². The standard InChI is InChI=1S/C17H17Br2NO/c1-3-20(11-13-6-4-5-12(2)7-13)17(21)14-8-15(18)10-16(19)9-14/h4-10H,3,11H2,1-2H3. The van der Waals surface area contributed by atoms with Crippen LogP contribution in [-0.4, -0.2) is 17.4 Å². The number of rotatable bonds is 4. The van der Waals surface area contributed by atoms with E-state index >= 15 is 0 Å². The molecule has 0 atom stereocenters. The van der Waals surface area contributed by atoms with Gasteiger partial charge in [-0.05, 0) is 37.6 Å². The summed E-state index contributed by atoms with van der Waals surface area (Å²) in [5, 5.41) is 0. The lowest BCUT2D eigenvalue weighted by molar-refractivity contribution is 0.0752. The number of aryl methyl sites for hydroxylation is 1. The summed E-state index contributed by atoms with van der Waals surface area (Å²) in [6, 6.07) is 13.9. The third-order valence-corrected chi connectivity index (χ3v) is 4.15. The van der Waals surface area contributed by atoms with Crippen LogP contribution in [0, 0.1) is 6.92 Å². The second-order valence-corrected chi connectivity index (χ2v) is 6.80. The number of halogens is 2. The van der Waals surface area contributed by atoms with Crippen molar-refractivity contribution in [3.63, 3.8) is 0 Å². The highest BCUT2D eigenvalue weighted by molar-refractivity contribution is 9.11. The normalized spacial score (nSPS) is 10.5. The van der Waals surface area contributed by atoms with Crippen molar-refractivity contribution >= 4 is 37.8 Å². The van der Waals surface area contributed by atoms with Gasteiger partial charge in [0.2, 0.25) is 0 Å². The zero-order chi connectivity index (χ0) is 15.4. The summed E-state index contributed by atoms with van der Waals surface area (Å²) >= 11 is 6.86. The molecule has 0 spiro atoms. The van der Waals surface area contributed by atoms with Crippen LogP contribution in [0.3, 0.4) is 0 Å². The van der Waals surface area contributed by atoms with E-state index in [4.69, 9.17) is 0 Å². The first-order chi connectivity index (χ1) is 9.99. The maximum absolute atomic E-state index is 12.7. The topological polar surface area (TPSA) is 20.3 Å². The molecule has 0 bridgehead atoms. The predicted octanol–water partition coefficient (Wildman–Crippen LogP) is 5.18. The Balaban J connectivity index is 2.22. The zero-order valence-corrected chi connectivity index (χ0v) is 15.2. The summed E-state index contributed by atoms with van der Waals surface area (Å²) < 4.78 is 1.79. The van der Waals surface area contributed by atoms with E-state index < -0.39 is 0 Å². The van der Waals surface area contributed by atoms with Gasteiger partial charge in [0.25, 0.3) is 5.91 Å². The highest BCUT2D eigenvalue weighted by Crippen LogP contribution is 2.21. The van der Waals surface area contributed by atoms with E-state index in [0.29, 0.717) is 18.7 Å². The molecule has 0 saturated carbocycles. The molecule has 2 nitrogen and oxygen atoms in total. The van der Waals surface area contributed by atoms with Crippen molar-refractivity contribution in [3.05, 3.63) is 68.1 Å². The second-order valence-electron chi connectivity index (χ2n) is 4.97. The Morgan fingerprint density at radius 2 is 1.76 bits per heavy atom. The summed E-state index contributed by atoms with van der Waals surface area (Å²) in [4.78, 5) is 14.5. The average Bonchev–Trinajstić information content (AvgIpc) is 2.43. The van der Waals surface area contributed by atoms with E-state index in [9.17, 15) is 4.79 Å². The number of hydrogen-bond acceptors (Lipinski definition) is 1. The van der Waals surface area contributed by atoms with Crippen molar-refractivity contribution in [3.8, 4) is 0 Å². The summed E-state index contributed by atoms with van der Waals surface area (Å²) in [5.41, 5.74) is 3.05. The van der Waals surface area contributed by atoms with Crippen LogP contribution in [0.2, 0.25) is 0 Å². The molecule has 0 radical (unpaired) electrons. The van der Waals surface area contributed by atoms with Gasteiger partial charge in [-0.1, -0.05) is 61.7 Å². The third-order valence-electron chi connectivity index (χ3n) is 3.23. The quantitative estimate of drug-likeness (QED) is 0.679. The number of hydrogen-bond donors (Lipinski definition) is 0. The molecule has 2 aromatic carbocycles. The summed E-state index contributed by atoms with van der Waals surface area (Å²) in [5.74, 6) is 0.0426. The minimum absolute atomic E-state index is 0.0426. The Kier molecular flexibility index (Phi) is 5.59. The van der Waals surface area contributed by atoms with Gasteiger partial charge in [0, 0.05) is 27.6 Å². The van der Waals surface area contributed by atoms with Crippen LogP contribution in [0.5, 0.6) is 0 Å². The van der Waals surface area contributed by atoms with Crippen molar-refractivity contribution in [1.29, 1.82) is 0 Å². The van der Waals surface area contributed by atoms with Gasteiger partial charge in [-0.15, -0.1) is 0 Å². The molecule has 21 heavy (non-hydrogen) atoms. The molecule has 2 rings (SSSR count). The van der Waals surface area contributed by atoms with Crippen molar-refractivity contribution in [2.45, 2.75) is 20.4 Å². The van der Waals surface area contributed by atoms with Gasteiger partial charge < -0.3 is 4.90 Å². The number of carbonyl (C=O) groups is 1. The molecule has 2 aromatic rings. The van der Waals surface area contributed by atoms with E-state index in [1.165, 1.54) is 5.56 Å². The molecule has 0 unspecified atom stereocenters. The van der Waals surface area contributed by atoms with Crippen LogP contribution in [0.1, 0.15) is 28.4 Å². The van der Waals surface area contributed by atoms with Gasteiger partial charge >= 0.3 is 0 Å². The van der Waals surface area contributed by atoms with Gasteiger partial charge in [-0.25, -0.2) is 0 Å². The smallest absolute Gasteiger partial charge is 0.254 e. The Morgan fingerprint density at radius 1 is 1.10 bits per heavy atom. The van der Waals surface area contributed by atoms with Crippen LogP contribution < -0.4 is 0 Å². The number of amides is 1. The molecule has 0 fully saturated rings. The fourth-order valence-electron chi connectivity index (χ4n) is 2.22. The zero-order valence-electron chi connectivity index (χ0n) is 12.1. The second kappa shape index (κ2) is 7.23. The fourth-order valence-corrected chi connectivity index (χ4v) is 3.51. The summed E-state index contributed by atoms with van der Waals surface area (Å²) in [6.07, 6.45) is 0. The molecule has 0 saturated heterocycles. The molecular weight excluding hydrogens is 394 g/mol. The van der Waals surface area contributed by atoms with Gasteiger partial charge in [0.1, 0.15) is 0 Å². The van der Waals surface area contributed by atoms with E-state index in [1.54, 1.807) is 0 Å². The maximum Gasteiger partial charge on any atom is 0.254 e. The van der Waals surface area contributed by atoms with Crippen LogP contribution in [0.15, 0.2) is 51.4 Å². The van der Waals surface area contributed by atoms with E-state index in [2.05, 4.69) is 57.0 Å². The molecule has 0 aliphatic rings. The molecule has 0 aliphatic carbocycles. The van der Waals surface area contributed by atoms with Crippen LogP contribution in [0.25, 0.3) is 0 Å². The minimum atomic E-state index is 0.0426. The lowest BCUT2D eigenvalue weighted by atomic mass is 10.1. The van der Waals surface area contributed by atoms with Crippen molar-refractivity contribution < 1.29 is 4.79 Å². The molecule has 0 heterocycles. The van der Waals surface area contributed by atoms with E-state index in [1.807, 2.05) is 36.1 Å². The lowest BCUT2D eigenvalue weighted by Crippen LogP contribution is -2.30. The largest absolute Gasteiger partial charge is 0.335 e. The SMILES string of the molecule is CCN(Cc1cccc(C)c1)C(=O)c1cc(Br)cc(Br)c1. The average molecular weight is 411 g/mol. The fraction of sp³-hybridized carbons (Fsp3) is 0.235. The molecule has 0 aromatic heterocycles. The molecule has 4 heteroatoms. The maximum atomic E-state index is 12.7. The molecule has 0 N–H and O–H groups in total. The number of carbonyl (C=O) groups excluding carboxylic acids is 1. The first-order valence-electron chi connectivity index (χ1n) is 6.80. The van der Waals surface area contributed by atoms with E-state index in [-0.39, 0.29) is 5.91 Å². The first-order valence-corrected chi connectivity index (χ1v) is 8.39. The molecule has 0 aliphatic heterocycles. The molecular formula is C17H17Br2NO. The Hall–Kier alpha value is -1.13. The van der Waals surface area contributed by atoms with Gasteiger partial charge in [-0.3, -0.25) is 4.79 Å². The highest BCUT2D eigenvalue weighted by Gasteiger charge is 2.15. The lowest BCUT2D eigenvalue weighted by Gasteiger charge is -2.21. The number of benzene rings is 2.